The van der Waals surface area contributed by atoms with Gasteiger partial charge < -0.3 is 10.6 Å². The van der Waals surface area contributed by atoms with Crippen LogP contribution in [0.1, 0.15) is 33.0 Å². The van der Waals surface area contributed by atoms with E-state index < -0.39 is 0 Å². The Morgan fingerprint density at radius 3 is 2.67 bits per heavy atom. The van der Waals surface area contributed by atoms with E-state index in [-0.39, 0.29) is 11.6 Å². The number of hydrogen-bond donors (Lipinski definition) is 2. The van der Waals surface area contributed by atoms with Gasteiger partial charge in [-0.1, -0.05) is 23.7 Å². The zero-order valence-electron chi connectivity index (χ0n) is 15.4. The van der Waals surface area contributed by atoms with Gasteiger partial charge in [-0.05, 0) is 49.6 Å². The SMILES string of the molecule is Cc1cc(C)c(NC(=O)c2cc(NCc3cccnc3)nc(C)n2)c(Cl)c1. The molecular weight excluding hydrogens is 362 g/mol. The van der Waals surface area contributed by atoms with Gasteiger partial charge in [0.2, 0.25) is 0 Å². The van der Waals surface area contributed by atoms with Crippen molar-refractivity contribution in [1.82, 2.24) is 15.0 Å². The molecule has 0 saturated carbocycles. The predicted octanol–water partition coefficient (Wildman–Crippen LogP) is 4.31. The predicted molar refractivity (Wildman–Crippen MR) is 107 cm³/mol. The standard InChI is InChI=1S/C20H20ClN5O/c1-12-7-13(2)19(16(21)8-12)26-20(27)17-9-18(25-14(3)24-17)23-11-15-5-4-6-22-10-15/h4-10H,11H2,1-3H3,(H,26,27)(H,23,24,25). The van der Waals surface area contributed by atoms with E-state index in [1.54, 1.807) is 25.4 Å². The summed E-state index contributed by atoms with van der Waals surface area (Å²) in [6.07, 6.45) is 3.50. The van der Waals surface area contributed by atoms with Gasteiger partial charge in [-0.3, -0.25) is 9.78 Å². The number of anilines is 2. The Morgan fingerprint density at radius 1 is 1.15 bits per heavy atom. The van der Waals surface area contributed by atoms with E-state index in [1.807, 2.05) is 38.1 Å². The molecule has 27 heavy (non-hydrogen) atoms. The van der Waals surface area contributed by atoms with E-state index in [4.69, 9.17) is 11.6 Å². The highest BCUT2D eigenvalue weighted by Gasteiger charge is 2.14. The topological polar surface area (TPSA) is 79.8 Å². The Morgan fingerprint density at radius 2 is 1.96 bits per heavy atom. The summed E-state index contributed by atoms with van der Waals surface area (Å²) in [5.74, 6) is 0.741. The minimum atomic E-state index is -0.334. The van der Waals surface area contributed by atoms with E-state index in [0.717, 1.165) is 16.7 Å². The molecule has 0 fully saturated rings. The highest BCUT2D eigenvalue weighted by Crippen LogP contribution is 2.27. The maximum atomic E-state index is 12.7. The van der Waals surface area contributed by atoms with Gasteiger partial charge in [0.15, 0.2) is 0 Å². The van der Waals surface area contributed by atoms with E-state index in [9.17, 15) is 4.79 Å². The van der Waals surface area contributed by atoms with Gasteiger partial charge in [0.05, 0.1) is 10.7 Å². The number of hydrogen-bond acceptors (Lipinski definition) is 5. The average molecular weight is 382 g/mol. The van der Waals surface area contributed by atoms with Gasteiger partial charge in [0.25, 0.3) is 5.91 Å². The van der Waals surface area contributed by atoms with Crippen LogP contribution in [0, 0.1) is 20.8 Å². The third kappa shape index (κ3) is 4.80. The van der Waals surface area contributed by atoms with Crippen LogP contribution < -0.4 is 10.6 Å². The molecule has 0 radical (unpaired) electrons. The van der Waals surface area contributed by atoms with Gasteiger partial charge in [-0.25, -0.2) is 9.97 Å². The lowest BCUT2D eigenvalue weighted by atomic mass is 10.1. The summed E-state index contributed by atoms with van der Waals surface area (Å²) in [7, 11) is 0. The average Bonchev–Trinajstić information content (AvgIpc) is 2.63. The fourth-order valence-electron chi connectivity index (χ4n) is 2.72. The first-order chi connectivity index (χ1) is 12.9. The number of carbonyl (C=O) groups is 1. The van der Waals surface area contributed by atoms with Crippen molar-refractivity contribution in [3.05, 3.63) is 76.0 Å². The number of aromatic nitrogens is 3. The largest absolute Gasteiger partial charge is 0.366 e. The van der Waals surface area contributed by atoms with Crippen LogP contribution in [0.25, 0.3) is 0 Å². The first-order valence-electron chi connectivity index (χ1n) is 8.49. The first kappa shape index (κ1) is 18.8. The van der Waals surface area contributed by atoms with Gasteiger partial charge in [-0.15, -0.1) is 0 Å². The van der Waals surface area contributed by atoms with Gasteiger partial charge in [0.1, 0.15) is 17.3 Å². The molecule has 2 aromatic heterocycles. The van der Waals surface area contributed by atoms with Crippen LogP contribution in [0.5, 0.6) is 0 Å². The molecule has 2 heterocycles. The van der Waals surface area contributed by atoms with Crippen molar-refractivity contribution in [2.45, 2.75) is 27.3 Å². The number of carbonyl (C=O) groups excluding carboxylic acids is 1. The second-order valence-electron chi connectivity index (χ2n) is 6.29. The molecule has 2 N–H and O–H groups in total. The molecule has 0 spiro atoms. The second-order valence-corrected chi connectivity index (χ2v) is 6.70. The molecule has 1 amide bonds. The smallest absolute Gasteiger partial charge is 0.274 e. The van der Waals surface area contributed by atoms with Gasteiger partial charge in [0, 0.05) is 25.0 Å². The van der Waals surface area contributed by atoms with Gasteiger partial charge >= 0.3 is 0 Å². The highest BCUT2D eigenvalue weighted by molar-refractivity contribution is 6.34. The minimum absolute atomic E-state index is 0.271. The molecule has 0 bridgehead atoms. The number of pyridine rings is 1. The normalized spacial score (nSPS) is 10.5. The molecule has 0 aliphatic rings. The number of nitrogens with one attached hydrogen (secondary N) is 2. The molecule has 3 aromatic rings. The van der Waals surface area contributed by atoms with E-state index in [0.29, 0.717) is 28.9 Å². The quantitative estimate of drug-likeness (QED) is 0.688. The Bertz CT molecular complexity index is 952. The van der Waals surface area contributed by atoms with E-state index >= 15 is 0 Å². The van der Waals surface area contributed by atoms with Crippen molar-refractivity contribution in [3.8, 4) is 0 Å². The van der Waals surface area contributed by atoms with Crippen LogP contribution >= 0.6 is 11.6 Å². The summed E-state index contributed by atoms with van der Waals surface area (Å²) < 4.78 is 0. The van der Waals surface area contributed by atoms with Crippen LogP contribution in [0.2, 0.25) is 5.02 Å². The fraction of sp³-hybridized carbons (Fsp3) is 0.200. The Hall–Kier alpha value is -2.99. The number of nitrogens with zero attached hydrogens (tertiary/aromatic N) is 3. The van der Waals surface area contributed by atoms with Crippen LogP contribution in [0.15, 0.2) is 42.7 Å². The molecule has 0 atom stereocenters. The zero-order chi connectivity index (χ0) is 19.4. The van der Waals surface area contributed by atoms with Crippen molar-refractivity contribution in [1.29, 1.82) is 0 Å². The molecule has 138 valence electrons. The lowest BCUT2D eigenvalue weighted by molar-refractivity contribution is 0.102. The lowest BCUT2D eigenvalue weighted by Gasteiger charge is -2.12. The number of aryl methyl sites for hydroxylation is 3. The maximum Gasteiger partial charge on any atom is 0.274 e. The van der Waals surface area contributed by atoms with Crippen LogP contribution in [-0.4, -0.2) is 20.9 Å². The molecular formula is C20H20ClN5O. The third-order valence-corrected chi connectivity index (χ3v) is 4.24. The third-order valence-electron chi connectivity index (χ3n) is 3.94. The lowest BCUT2D eigenvalue weighted by Crippen LogP contribution is -2.17. The molecule has 0 aliphatic heterocycles. The number of benzene rings is 1. The first-order valence-corrected chi connectivity index (χ1v) is 8.87. The maximum absolute atomic E-state index is 12.7. The van der Waals surface area contributed by atoms with Crippen molar-refractivity contribution in [2.24, 2.45) is 0 Å². The summed E-state index contributed by atoms with van der Waals surface area (Å²) in [4.78, 5) is 25.3. The van der Waals surface area contributed by atoms with E-state index in [2.05, 4.69) is 25.6 Å². The Labute approximate surface area is 163 Å². The number of halogens is 1. The molecule has 0 saturated heterocycles. The number of amides is 1. The molecule has 0 aliphatic carbocycles. The molecule has 6 nitrogen and oxygen atoms in total. The summed E-state index contributed by atoms with van der Waals surface area (Å²) in [5, 5.41) is 6.55. The highest BCUT2D eigenvalue weighted by atomic mass is 35.5. The second kappa shape index (κ2) is 8.14. The van der Waals surface area contributed by atoms with Crippen molar-refractivity contribution in [2.75, 3.05) is 10.6 Å². The summed E-state index contributed by atoms with van der Waals surface area (Å²) in [5.41, 5.74) is 3.81. The molecule has 0 unspecified atom stereocenters. The van der Waals surface area contributed by atoms with Crippen molar-refractivity contribution in [3.63, 3.8) is 0 Å². The molecule has 1 aromatic carbocycles. The Kier molecular flexibility index (Phi) is 5.66. The summed E-state index contributed by atoms with van der Waals surface area (Å²) >= 11 is 6.28. The minimum Gasteiger partial charge on any atom is -0.366 e. The van der Waals surface area contributed by atoms with Crippen LogP contribution in [0.3, 0.4) is 0 Å². The van der Waals surface area contributed by atoms with Crippen molar-refractivity contribution < 1.29 is 4.79 Å². The summed E-state index contributed by atoms with van der Waals surface area (Å²) in [6, 6.07) is 9.23. The molecule has 3 rings (SSSR count). The van der Waals surface area contributed by atoms with Crippen molar-refractivity contribution >= 4 is 29.0 Å². The monoisotopic (exact) mass is 381 g/mol. The Balaban J connectivity index is 1.78. The van der Waals surface area contributed by atoms with Crippen LogP contribution in [-0.2, 0) is 6.54 Å². The fourth-order valence-corrected chi connectivity index (χ4v) is 3.09. The van der Waals surface area contributed by atoms with Crippen LogP contribution in [0.4, 0.5) is 11.5 Å². The van der Waals surface area contributed by atoms with Gasteiger partial charge in [-0.2, -0.15) is 0 Å². The zero-order valence-corrected chi connectivity index (χ0v) is 16.1. The van der Waals surface area contributed by atoms with E-state index in [1.165, 1.54) is 0 Å². The summed E-state index contributed by atoms with van der Waals surface area (Å²) in [6.45, 7) is 6.16. The number of rotatable bonds is 5. The molecule has 7 heteroatoms.